The predicted octanol–water partition coefficient (Wildman–Crippen LogP) is 2.82. The summed E-state index contributed by atoms with van der Waals surface area (Å²) in [5, 5.41) is 13.1. The third-order valence-corrected chi connectivity index (χ3v) is 3.70. The SMILES string of the molecule is O=C(O)[C@H]1CCCN1OCc1ccc2ccccc2c1. The van der Waals surface area contributed by atoms with Gasteiger partial charge < -0.3 is 5.11 Å². The zero-order valence-electron chi connectivity index (χ0n) is 11.2. The molecule has 1 heterocycles. The van der Waals surface area contributed by atoms with Crippen LogP contribution < -0.4 is 0 Å². The zero-order chi connectivity index (χ0) is 13.9. The van der Waals surface area contributed by atoms with E-state index in [0.29, 0.717) is 19.6 Å². The number of carboxylic acids is 1. The van der Waals surface area contributed by atoms with Crippen molar-refractivity contribution in [3.05, 3.63) is 48.0 Å². The second-order valence-corrected chi connectivity index (χ2v) is 5.09. The van der Waals surface area contributed by atoms with Crippen LogP contribution in [0.1, 0.15) is 18.4 Å². The van der Waals surface area contributed by atoms with Crippen LogP contribution in [0.25, 0.3) is 10.8 Å². The van der Waals surface area contributed by atoms with Gasteiger partial charge in [-0.1, -0.05) is 36.4 Å². The van der Waals surface area contributed by atoms with E-state index >= 15 is 0 Å². The second kappa shape index (κ2) is 5.61. The van der Waals surface area contributed by atoms with Crippen LogP contribution in [0.3, 0.4) is 0 Å². The van der Waals surface area contributed by atoms with Crippen LogP contribution in [0.5, 0.6) is 0 Å². The highest BCUT2D eigenvalue weighted by atomic mass is 16.7. The van der Waals surface area contributed by atoms with Crippen molar-refractivity contribution < 1.29 is 14.7 Å². The van der Waals surface area contributed by atoms with Crippen LogP contribution in [-0.2, 0) is 16.2 Å². The molecule has 0 bridgehead atoms. The molecule has 4 heteroatoms. The first-order valence-electron chi connectivity index (χ1n) is 6.84. The van der Waals surface area contributed by atoms with Gasteiger partial charge in [0.25, 0.3) is 0 Å². The molecule has 1 aliphatic heterocycles. The molecule has 0 radical (unpaired) electrons. The van der Waals surface area contributed by atoms with Crippen molar-refractivity contribution in [3.63, 3.8) is 0 Å². The standard InChI is InChI=1S/C16H17NO3/c18-16(19)15-6-3-9-17(15)20-11-12-7-8-13-4-1-2-5-14(13)10-12/h1-2,4-5,7-8,10,15H,3,6,9,11H2,(H,18,19)/t15-/m1/s1. The number of hydroxylamine groups is 2. The Balaban J connectivity index is 1.69. The summed E-state index contributed by atoms with van der Waals surface area (Å²) in [5.41, 5.74) is 1.06. The van der Waals surface area contributed by atoms with E-state index in [0.717, 1.165) is 12.0 Å². The van der Waals surface area contributed by atoms with Gasteiger partial charge in [-0.25, -0.2) is 0 Å². The maximum Gasteiger partial charge on any atom is 0.323 e. The first-order valence-corrected chi connectivity index (χ1v) is 6.84. The lowest BCUT2D eigenvalue weighted by Crippen LogP contribution is -2.35. The largest absolute Gasteiger partial charge is 0.480 e. The molecule has 0 saturated carbocycles. The van der Waals surface area contributed by atoms with Crippen molar-refractivity contribution in [2.24, 2.45) is 0 Å². The molecule has 1 atom stereocenters. The lowest BCUT2D eigenvalue weighted by molar-refractivity contribution is -0.192. The summed E-state index contributed by atoms with van der Waals surface area (Å²) in [6.45, 7) is 1.10. The highest BCUT2D eigenvalue weighted by Gasteiger charge is 2.31. The molecule has 0 unspecified atom stereocenters. The molecule has 104 valence electrons. The van der Waals surface area contributed by atoms with E-state index in [1.54, 1.807) is 5.06 Å². The Morgan fingerprint density at radius 3 is 2.85 bits per heavy atom. The van der Waals surface area contributed by atoms with Gasteiger partial charge in [-0.05, 0) is 35.2 Å². The van der Waals surface area contributed by atoms with Gasteiger partial charge in [-0.15, -0.1) is 0 Å². The van der Waals surface area contributed by atoms with Crippen molar-refractivity contribution in [2.75, 3.05) is 6.54 Å². The minimum atomic E-state index is -0.805. The highest BCUT2D eigenvalue weighted by molar-refractivity contribution is 5.82. The summed E-state index contributed by atoms with van der Waals surface area (Å²) in [5.74, 6) is -0.805. The first kappa shape index (κ1) is 13.1. The van der Waals surface area contributed by atoms with E-state index in [-0.39, 0.29) is 0 Å². The molecule has 2 aromatic rings. The van der Waals surface area contributed by atoms with Crippen molar-refractivity contribution in [2.45, 2.75) is 25.5 Å². The van der Waals surface area contributed by atoms with Crippen LogP contribution in [0, 0.1) is 0 Å². The van der Waals surface area contributed by atoms with Crippen molar-refractivity contribution in [1.29, 1.82) is 0 Å². The predicted molar refractivity (Wildman–Crippen MR) is 76.1 cm³/mol. The fourth-order valence-electron chi connectivity index (χ4n) is 2.63. The monoisotopic (exact) mass is 271 g/mol. The molecule has 0 aromatic heterocycles. The fourth-order valence-corrected chi connectivity index (χ4v) is 2.63. The zero-order valence-corrected chi connectivity index (χ0v) is 11.2. The van der Waals surface area contributed by atoms with Gasteiger partial charge >= 0.3 is 5.97 Å². The summed E-state index contributed by atoms with van der Waals surface area (Å²) < 4.78 is 0. The molecule has 1 aliphatic rings. The van der Waals surface area contributed by atoms with E-state index in [4.69, 9.17) is 9.94 Å². The second-order valence-electron chi connectivity index (χ2n) is 5.09. The van der Waals surface area contributed by atoms with Gasteiger partial charge in [0, 0.05) is 6.54 Å². The molecule has 1 saturated heterocycles. The maximum atomic E-state index is 11.1. The molecule has 3 rings (SSSR count). The van der Waals surface area contributed by atoms with E-state index < -0.39 is 12.0 Å². The van der Waals surface area contributed by atoms with E-state index in [1.165, 1.54) is 10.8 Å². The molecule has 0 aliphatic carbocycles. The number of rotatable bonds is 4. The normalized spacial score (nSPS) is 19.5. The van der Waals surface area contributed by atoms with Crippen LogP contribution >= 0.6 is 0 Å². The Morgan fingerprint density at radius 2 is 2.05 bits per heavy atom. The molecule has 20 heavy (non-hydrogen) atoms. The summed E-state index contributed by atoms with van der Waals surface area (Å²) >= 11 is 0. The van der Waals surface area contributed by atoms with Crippen molar-refractivity contribution >= 4 is 16.7 Å². The first-order chi connectivity index (χ1) is 9.74. The number of carbonyl (C=O) groups is 1. The Hall–Kier alpha value is -1.91. The number of carboxylic acid groups (broad SMARTS) is 1. The van der Waals surface area contributed by atoms with E-state index in [2.05, 4.69) is 24.3 Å². The smallest absolute Gasteiger partial charge is 0.323 e. The number of nitrogens with zero attached hydrogens (tertiary/aromatic N) is 1. The Kier molecular flexibility index (Phi) is 3.67. The van der Waals surface area contributed by atoms with Gasteiger partial charge in [0.1, 0.15) is 6.04 Å². The molecular formula is C16H17NO3. The molecule has 1 fully saturated rings. The summed E-state index contributed by atoms with van der Waals surface area (Å²) in [7, 11) is 0. The number of aliphatic carboxylic acids is 1. The number of benzene rings is 2. The summed E-state index contributed by atoms with van der Waals surface area (Å²) in [6.07, 6.45) is 1.53. The Bertz CT molecular complexity index is 626. The van der Waals surface area contributed by atoms with E-state index in [9.17, 15) is 4.79 Å². The number of hydrogen-bond acceptors (Lipinski definition) is 3. The molecule has 0 amide bonds. The third-order valence-electron chi connectivity index (χ3n) is 3.70. The average Bonchev–Trinajstić information content (AvgIpc) is 2.93. The van der Waals surface area contributed by atoms with E-state index in [1.807, 2.05) is 18.2 Å². The topological polar surface area (TPSA) is 49.8 Å². The van der Waals surface area contributed by atoms with Gasteiger partial charge in [0.2, 0.25) is 0 Å². The molecule has 0 spiro atoms. The van der Waals surface area contributed by atoms with Gasteiger partial charge in [-0.2, -0.15) is 5.06 Å². The summed E-state index contributed by atoms with van der Waals surface area (Å²) in [6, 6.07) is 13.8. The van der Waals surface area contributed by atoms with Gasteiger partial charge in [0.05, 0.1) is 6.61 Å². The minimum absolute atomic E-state index is 0.411. The van der Waals surface area contributed by atoms with Crippen molar-refractivity contribution in [3.8, 4) is 0 Å². The minimum Gasteiger partial charge on any atom is -0.480 e. The van der Waals surface area contributed by atoms with Crippen LogP contribution in [0.15, 0.2) is 42.5 Å². The number of hydrogen-bond donors (Lipinski definition) is 1. The lowest BCUT2D eigenvalue weighted by Gasteiger charge is -2.20. The van der Waals surface area contributed by atoms with Gasteiger partial charge in [-0.3, -0.25) is 9.63 Å². The molecule has 2 aromatic carbocycles. The molecule has 4 nitrogen and oxygen atoms in total. The van der Waals surface area contributed by atoms with Crippen LogP contribution in [0.2, 0.25) is 0 Å². The fraction of sp³-hybridized carbons (Fsp3) is 0.312. The third kappa shape index (κ3) is 2.66. The van der Waals surface area contributed by atoms with Crippen LogP contribution in [-0.4, -0.2) is 28.7 Å². The summed E-state index contributed by atoms with van der Waals surface area (Å²) in [4.78, 5) is 16.7. The van der Waals surface area contributed by atoms with Gasteiger partial charge in [0.15, 0.2) is 0 Å². The number of fused-ring (bicyclic) bond motifs is 1. The Labute approximate surface area is 117 Å². The maximum absolute atomic E-state index is 11.1. The van der Waals surface area contributed by atoms with Crippen molar-refractivity contribution in [1.82, 2.24) is 5.06 Å². The van der Waals surface area contributed by atoms with Crippen LogP contribution in [0.4, 0.5) is 0 Å². The molecule has 1 N–H and O–H groups in total. The molecular weight excluding hydrogens is 254 g/mol. The lowest BCUT2D eigenvalue weighted by atomic mass is 10.1. The Morgan fingerprint density at radius 1 is 1.25 bits per heavy atom. The highest BCUT2D eigenvalue weighted by Crippen LogP contribution is 2.20. The average molecular weight is 271 g/mol. The quantitative estimate of drug-likeness (QED) is 0.929.